The number of phenols is 1. The standard InChI is InChI=1S/C16H16O4/c1-2-11-9-13(17)7-8-15(11)20-10-12-5-3-4-6-14(12)16(18)19/h3-9,17H,2,10H2,1H3,(H,18,19). The van der Waals surface area contributed by atoms with Gasteiger partial charge in [0.15, 0.2) is 0 Å². The highest BCUT2D eigenvalue weighted by atomic mass is 16.5. The Morgan fingerprint density at radius 1 is 1.15 bits per heavy atom. The third-order valence-corrected chi connectivity index (χ3v) is 3.06. The summed E-state index contributed by atoms with van der Waals surface area (Å²) in [6, 6.07) is 11.6. The second-order valence-electron chi connectivity index (χ2n) is 4.40. The molecule has 0 amide bonds. The molecule has 0 aromatic heterocycles. The highest BCUT2D eigenvalue weighted by Crippen LogP contribution is 2.25. The Labute approximate surface area is 117 Å². The number of benzene rings is 2. The minimum absolute atomic E-state index is 0.181. The Morgan fingerprint density at radius 3 is 2.60 bits per heavy atom. The number of aromatic carboxylic acids is 1. The molecular weight excluding hydrogens is 256 g/mol. The van der Waals surface area contributed by atoms with Crippen molar-refractivity contribution in [2.45, 2.75) is 20.0 Å². The molecule has 0 bridgehead atoms. The van der Waals surface area contributed by atoms with E-state index in [0.717, 1.165) is 12.0 Å². The van der Waals surface area contributed by atoms with Crippen molar-refractivity contribution in [2.24, 2.45) is 0 Å². The molecule has 0 saturated heterocycles. The maximum atomic E-state index is 11.1. The lowest BCUT2D eigenvalue weighted by Gasteiger charge is -2.12. The van der Waals surface area contributed by atoms with Gasteiger partial charge in [0.1, 0.15) is 18.1 Å². The molecule has 2 rings (SSSR count). The average molecular weight is 272 g/mol. The number of phenolic OH excluding ortho intramolecular Hbond substituents is 1. The molecule has 0 spiro atoms. The van der Waals surface area contributed by atoms with E-state index in [1.54, 1.807) is 42.5 Å². The van der Waals surface area contributed by atoms with Gasteiger partial charge in [-0.25, -0.2) is 4.79 Å². The minimum Gasteiger partial charge on any atom is -0.508 e. The zero-order valence-electron chi connectivity index (χ0n) is 11.2. The van der Waals surface area contributed by atoms with Crippen molar-refractivity contribution in [2.75, 3.05) is 0 Å². The van der Waals surface area contributed by atoms with Crippen molar-refractivity contribution in [1.82, 2.24) is 0 Å². The first-order chi connectivity index (χ1) is 9.61. The van der Waals surface area contributed by atoms with Gasteiger partial charge in [-0.05, 0) is 36.2 Å². The predicted molar refractivity (Wildman–Crippen MR) is 75.2 cm³/mol. The number of aryl methyl sites for hydroxylation is 1. The lowest BCUT2D eigenvalue weighted by Crippen LogP contribution is -2.06. The molecular formula is C16H16O4. The van der Waals surface area contributed by atoms with Gasteiger partial charge in [0.2, 0.25) is 0 Å². The first-order valence-corrected chi connectivity index (χ1v) is 6.37. The fourth-order valence-corrected chi connectivity index (χ4v) is 1.99. The summed E-state index contributed by atoms with van der Waals surface area (Å²) in [6.07, 6.45) is 0.726. The number of carbonyl (C=O) groups is 1. The number of carboxylic acids is 1. The van der Waals surface area contributed by atoms with Crippen molar-refractivity contribution in [3.05, 3.63) is 59.2 Å². The molecule has 2 N–H and O–H groups in total. The summed E-state index contributed by atoms with van der Waals surface area (Å²) in [4.78, 5) is 11.1. The van der Waals surface area contributed by atoms with E-state index in [-0.39, 0.29) is 17.9 Å². The van der Waals surface area contributed by atoms with Crippen LogP contribution in [0.2, 0.25) is 0 Å². The first-order valence-electron chi connectivity index (χ1n) is 6.37. The highest BCUT2D eigenvalue weighted by Gasteiger charge is 2.10. The van der Waals surface area contributed by atoms with E-state index in [4.69, 9.17) is 9.84 Å². The van der Waals surface area contributed by atoms with Crippen molar-refractivity contribution >= 4 is 5.97 Å². The number of aromatic hydroxyl groups is 1. The largest absolute Gasteiger partial charge is 0.508 e. The fraction of sp³-hybridized carbons (Fsp3) is 0.188. The molecule has 0 aliphatic carbocycles. The van der Waals surface area contributed by atoms with Crippen molar-refractivity contribution < 1.29 is 19.7 Å². The van der Waals surface area contributed by atoms with Crippen LogP contribution in [0.15, 0.2) is 42.5 Å². The van der Waals surface area contributed by atoms with E-state index < -0.39 is 5.97 Å². The van der Waals surface area contributed by atoms with Crippen LogP contribution in [0.5, 0.6) is 11.5 Å². The number of hydrogen-bond donors (Lipinski definition) is 2. The van der Waals surface area contributed by atoms with Gasteiger partial charge in [0.25, 0.3) is 0 Å². The molecule has 0 radical (unpaired) electrons. The number of carboxylic acid groups (broad SMARTS) is 1. The van der Waals surface area contributed by atoms with Crippen LogP contribution in [-0.4, -0.2) is 16.2 Å². The van der Waals surface area contributed by atoms with Crippen LogP contribution in [-0.2, 0) is 13.0 Å². The van der Waals surface area contributed by atoms with Crippen molar-refractivity contribution in [1.29, 1.82) is 0 Å². The lowest BCUT2D eigenvalue weighted by atomic mass is 10.1. The van der Waals surface area contributed by atoms with E-state index >= 15 is 0 Å². The number of hydrogen-bond acceptors (Lipinski definition) is 3. The Morgan fingerprint density at radius 2 is 1.90 bits per heavy atom. The summed E-state index contributed by atoms with van der Waals surface area (Å²) in [5.41, 5.74) is 1.75. The highest BCUT2D eigenvalue weighted by molar-refractivity contribution is 5.89. The normalized spacial score (nSPS) is 10.2. The maximum Gasteiger partial charge on any atom is 0.336 e. The third kappa shape index (κ3) is 3.09. The second-order valence-corrected chi connectivity index (χ2v) is 4.40. The van der Waals surface area contributed by atoms with Crippen molar-refractivity contribution in [3.63, 3.8) is 0 Å². The van der Waals surface area contributed by atoms with Crippen LogP contribution in [0.1, 0.15) is 28.4 Å². The molecule has 4 heteroatoms. The van der Waals surface area contributed by atoms with Crippen LogP contribution >= 0.6 is 0 Å². The minimum atomic E-state index is -0.967. The molecule has 2 aromatic rings. The van der Waals surface area contributed by atoms with Crippen LogP contribution in [0, 0.1) is 0 Å². The van der Waals surface area contributed by atoms with Crippen LogP contribution in [0.4, 0.5) is 0 Å². The maximum absolute atomic E-state index is 11.1. The summed E-state index contributed by atoms with van der Waals surface area (Å²) in [5, 5.41) is 18.5. The molecule has 0 atom stereocenters. The summed E-state index contributed by atoms with van der Waals surface area (Å²) < 4.78 is 5.69. The van der Waals surface area contributed by atoms with E-state index in [9.17, 15) is 9.90 Å². The lowest BCUT2D eigenvalue weighted by molar-refractivity contribution is 0.0694. The SMILES string of the molecule is CCc1cc(O)ccc1OCc1ccccc1C(=O)O. The number of ether oxygens (including phenoxy) is 1. The van der Waals surface area contributed by atoms with Gasteiger partial charge in [0.05, 0.1) is 5.56 Å². The monoisotopic (exact) mass is 272 g/mol. The zero-order valence-corrected chi connectivity index (χ0v) is 11.2. The summed E-state index contributed by atoms with van der Waals surface area (Å²) in [7, 11) is 0. The Kier molecular flexibility index (Phi) is 4.25. The van der Waals surface area contributed by atoms with Crippen LogP contribution in [0.25, 0.3) is 0 Å². The van der Waals surface area contributed by atoms with Gasteiger partial charge in [-0.15, -0.1) is 0 Å². The number of rotatable bonds is 5. The Bertz CT molecular complexity index is 620. The van der Waals surface area contributed by atoms with Gasteiger partial charge < -0.3 is 14.9 Å². The quantitative estimate of drug-likeness (QED) is 0.877. The first kappa shape index (κ1) is 13.9. The van der Waals surface area contributed by atoms with Crippen LogP contribution < -0.4 is 4.74 Å². The van der Waals surface area contributed by atoms with E-state index in [2.05, 4.69) is 0 Å². The van der Waals surface area contributed by atoms with Gasteiger partial charge in [-0.3, -0.25) is 0 Å². The summed E-state index contributed by atoms with van der Waals surface area (Å²) >= 11 is 0. The van der Waals surface area contributed by atoms with Gasteiger partial charge in [-0.2, -0.15) is 0 Å². The van der Waals surface area contributed by atoms with Gasteiger partial charge in [-0.1, -0.05) is 25.1 Å². The third-order valence-electron chi connectivity index (χ3n) is 3.06. The average Bonchev–Trinajstić information content (AvgIpc) is 2.46. The van der Waals surface area contributed by atoms with E-state index in [1.165, 1.54) is 0 Å². The summed E-state index contributed by atoms with van der Waals surface area (Å²) in [6.45, 7) is 2.15. The summed E-state index contributed by atoms with van der Waals surface area (Å²) in [5.74, 6) is -0.115. The molecule has 0 unspecified atom stereocenters. The van der Waals surface area contributed by atoms with E-state index in [1.807, 2.05) is 6.92 Å². The fourth-order valence-electron chi connectivity index (χ4n) is 1.99. The molecule has 4 nitrogen and oxygen atoms in total. The second kappa shape index (κ2) is 6.10. The topological polar surface area (TPSA) is 66.8 Å². The molecule has 20 heavy (non-hydrogen) atoms. The van der Waals surface area contributed by atoms with Crippen molar-refractivity contribution in [3.8, 4) is 11.5 Å². The molecule has 2 aromatic carbocycles. The molecule has 0 aliphatic heterocycles. The zero-order chi connectivity index (χ0) is 14.5. The Balaban J connectivity index is 2.19. The molecule has 0 saturated carbocycles. The molecule has 0 aliphatic rings. The van der Waals surface area contributed by atoms with Gasteiger partial charge in [0, 0.05) is 5.56 Å². The molecule has 104 valence electrons. The van der Waals surface area contributed by atoms with E-state index in [0.29, 0.717) is 11.3 Å². The Hall–Kier alpha value is -2.49. The van der Waals surface area contributed by atoms with Crippen LogP contribution in [0.3, 0.4) is 0 Å². The van der Waals surface area contributed by atoms with Gasteiger partial charge >= 0.3 is 5.97 Å². The molecule has 0 heterocycles. The predicted octanol–water partition coefficient (Wildman–Crippen LogP) is 3.23. The smallest absolute Gasteiger partial charge is 0.336 e. The molecule has 0 fully saturated rings.